The number of likely N-dealkylation sites (tertiary alicyclic amines) is 1. The second-order valence-electron chi connectivity index (χ2n) is 7.35. The highest BCUT2D eigenvalue weighted by atomic mass is 16.2. The topological polar surface area (TPSA) is 56.0 Å². The Morgan fingerprint density at radius 1 is 1.33 bits per heavy atom. The van der Waals surface area contributed by atoms with Gasteiger partial charge in [0.1, 0.15) is 0 Å². The summed E-state index contributed by atoms with van der Waals surface area (Å²) in [5.74, 6) is 0.823. The molecule has 1 aliphatic heterocycles. The lowest BCUT2D eigenvalue weighted by Crippen LogP contribution is -2.42. The van der Waals surface area contributed by atoms with E-state index in [1.165, 1.54) is 11.3 Å². The first-order valence-corrected chi connectivity index (χ1v) is 8.83. The van der Waals surface area contributed by atoms with E-state index in [9.17, 15) is 4.79 Å². The van der Waals surface area contributed by atoms with Crippen LogP contribution < -0.4 is 0 Å². The number of hydrogen-bond acceptors (Lipinski definition) is 3. The summed E-state index contributed by atoms with van der Waals surface area (Å²) in [6.45, 7) is 5.79. The predicted molar refractivity (Wildman–Crippen MR) is 90.6 cm³/mol. The summed E-state index contributed by atoms with van der Waals surface area (Å²) in [5, 5.41) is 8.85. The lowest BCUT2D eigenvalue weighted by Gasteiger charge is -2.33. The van der Waals surface area contributed by atoms with E-state index in [-0.39, 0.29) is 5.92 Å². The number of aryl methyl sites for hydroxylation is 3. The Morgan fingerprint density at radius 3 is 2.83 bits per heavy atom. The first kappa shape index (κ1) is 15.4. The molecular formula is C18H25N5O. The molecule has 2 aromatic heterocycles. The van der Waals surface area contributed by atoms with Gasteiger partial charge in [0.25, 0.3) is 0 Å². The van der Waals surface area contributed by atoms with Crippen LogP contribution in [0.1, 0.15) is 48.2 Å². The Bertz CT molecular complexity index is 761. The molecular weight excluding hydrogens is 302 g/mol. The van der Waals surface area contributed by atoms with Crippen molar-refractivity contribution in [3.8, 4) is 0 Å². The molecule has 3 atom stereocenters. The minimum Gasteiger partial charge on any atom is -0.340 e. The molecule has 0 spiro atoms. The van der Waals surface area contributed by atoms with Crippen LogP contribution in [0, 0.1) is 19.8 Å². The molecule has 24 heavy (non-hydrogen) atoms. The SMILES string of the molecule is Cc1cc(C)n(C2CCCN(C(=O)C3CC3c3cnn(C)c3)C2)n1. The molecule has 1 aliphatic carbocycles. The average Bonchev–Trinajstić information content (AvgIpc) is 3.13. The lowest BCUT2D eigenvalue weighted by molar-refractivity contribution is -0.134. The van der Waals surface area contributed by atoms with E-state index in [2.05, 4.69) is 32.8 Å². The molecule has 4 rings (SSSR count). The van der Waals surface area contributed by atoms with Crippen molar-refractivity contribution < 1.29 is 4.79 Å². The van der Waals surface area contributed by atoms with Crippen LogP contribution >= 0.6 is 0 Å². The number of nitrogens with zero attached hydrogens (tertiary/aromatic N) is 5. The van der Waals surface area contributed by atoms with E-state index >= 15 is 0 Å². The number of carbonyl (C=O) groups is 1. The van der Waals surface area contributed by atoms with E-state index in [4.69, 9.17) is 0 Å². The Labute approximate surface area is 142 Å². The highest BCUT2D eigenvalue weighted by Crippen LogP contribution is 2.48. The van der Waals surface area contributed by atoms with Crippen LogP contribution in [0.2, 0.25) is 0 Å². The number of rotatable bonds is 3. The Morgan fingerprint density at radius 2 is 2.17 bits per heavy atom. The van der Waals surface area contributed by atoms with Crippen LogP contribution in [0.4, 0.5) is 0 Å². The molecule has 1 saturated carbocycles. The summed E-state index contributed by atoms with van der Waals surface area (Å²) in [6.07, 6.45) is 7.05. The van der Waals surface area contributed by atoms with Gasteiger partial charge in [0, 0.05) is 37.9 Å². The number of carbonyl (C=O) groups excluding carboxylic acids is 1. The van der Waals surface area contributed by atoms with Crippen LogP contribution in [0.15, 0.2) is 18.5 Å². The zero-order valence-corrected chi connectivity index (χ0v) is 14.6. The molecule has 6 nitrogen and oxygen atoms in total. The minimum absolute atomic E-state index is 0.147. The molecule has 0 radical (unpaired) electrons. The van der Waals surface area contributed by atoms with Gasteiger partial charge in [-0.2, -0.15) is 10.2 Å². The summed E-state index contributed by atoms with van der Waals surface area (Å²) in [4.78, 5) is 14.9. The predicted octanol–water partition coefficient (Wildman–Crippen LogP) is 2.20. The molecule has 128 valence electrons. The molecule has 1 amide bonds. The number of piperidine rings is 1. The highest BCUT2D eigenvalue weighted by molar-refractivity contribution is 5.83. The smallest absolute Gasteiger partial charge is 0.226 e. The maximum Gasteiger partial charge on any atom is 0.226 e. The van der Waals surface area contributed by atoms with Crippen molar-refractivity contribution in [2.24, 2.45) is 13.0 Å². The summed E-state index contributed by atoms with van der Waals surface area (Å²) in [7, 11) is 1.92. The normalized spacial score (nSPS) is 26.6. The van der Waals surface area contributed by atoms with Gasteiger partial charge in [-0.3, -0.25) is 14.2 Å². The number of amides is 1. The quantitative estimate of drug-likeness (QED) is 0.868. The van der Waals surface area contributed by atoms with Crippen LogP contribution in [-0.4, -0.2) is 43.5 Å². The van der Waals surface area contributed by atoms with Crippen molar-refractivity contribution in [3.63, 3.8) is 0 Å². The highest BCUT2D eigenvalue weighted by Gasteiger charge is 2.47. The fourth-order valence-electron chi connectivity index (χ4n) is 4.07. The fourth-order valence-corrected chi connectivity index (χ4v) is 4.07. The van der Waals surface area contributed by atoms with Gasteiger partial charge in [0.05, 0.1) is 17.9 Å². The van der Waals surface area contributed by atoms with Gasteiger partial charge in [0.15, 0.2) is 0 Å². The van der Waals surface area contributed by atoms with Gasteiger partial charge >= 0.3 is 0 Å². The number of aromatic nitrogens is 4. The van der Waals surface area contributed by atoms with Crippen molar-refractivity contribution in [3.05, 3.63) is 35.4 Å². The zero-order chi connectivity index (χ0) is 16.8. The maximum atomic E-state index is 12.9. The third kappa shape index (κ3) is 2.74. The van der Waals surface area contributed by atoms with Crippen molar-refractivity contribution in [1.29, 1.82) is 0 Å². The molecule has 2 fully saturated rings. The Balaban J connectivity index is 1.43. The second-order valence-corrected chi connectivity index (χ2v) is 7.35. The average molecular weight is 327 g/mol. The van der Waals surface area contributed by atoms with Crippen molar-refractivity contribution in [2.45, 2.75) is 45.1 Å². The van der Waals surface area contributed by atoms with Crippen molar-refractivity contribution in [1.82, 2.24) is 24.5 Å². The summed E-state index contributed by atoms with van der Waals surface area (Å²) in [6, 6.07) is 2.42. The third-order valence-corrected chi connectivity index (χ3v) is 5.36. The van der Waals surface area contributed by atoms with Gasteiger partial charge in [-0.05, 0) is 50.7 Å². The van der Waals surface area contributed by atoms with Crippen LogP contribution in [0.5, 0.6) is 0 Å². The van der Waals surface area contributed by atoms with E-state index in [1.54, 1.807) is 0 Å². The first-order valence-electron chi connectivity index (χ1n) is 8.83. The van der Waals surface area contributed by atoms with Crippen LogP contribution in [0.25, 0.3) is 0 Å². The molecule has 0 aromatic carbocycles. The van der Waals surface area contributed by atoms with Gasteiger partial charge < -0.3 is 4.90 Å². The van der Waals surface area contributed by atoms with E-state index in [0.29, 0.717) is 17.9 Å². The van der Waals surface area contributed by atoms with E-state index < -0.39 is 0 Å². The van der Waals surface area contributed by atoms with Gasteiger partial charge in [-0.1, -0.05) is 0 Å². The third-order valence-electron chi connectivity index (χ3n) is 5.36. The molecule has 0 bridgehead atoms. The van der Waals surface area contributed by atoms with E-state index in [1.807, 2.05) is 31.0 Å². The maximum absolute atomic E-state index is 12.9. The van der Waals surface area contributed by atoms with Gasteiger partial charge in [0.2, 0.25) is 5.91 Å². The first-order chi connectivity index (χ1) is 11.5. The van der Waals surface area contributed by atoms with Gasteiger partial charge in [-0.15, -0.1) is 0 Å². The fraction of sp³-hybridized carbons (Fsp3) is 0.611. The molecule has 1 saturated heterocycles. The van der Waals surface area contributed by atoms with Crippen molar-refractivity contribution >= 4 is 5.91 Å². The molecule has 6 heteroatoms. The Kier molecular flexibility index (Phi) is 3.70. The molecule has 0 N–H and O–H groups in total. The van der Waals surface area contributed by atoms with Crippen LogP contribution in [-0.2, 0) is 11.8 Å². The van der Waals surface area contributed by atoms with Crippen molar-refractivity contribution in [2.75, 3.05) is 13.1 Å². The summed E-state index contributed by atoms with van der Waals surface area (Å²) < 4.78 is 3.93. The molecule has 3 heterocycles. The van der Waals surface area contributed by atoms with E-state index in [0.717, 1.165) is 38.0 Å². The standard InChI is InChI=1S/C18H25N5O/c1-12-7-13(2)23(20-12)15-5-4-6-22(11-15)18(24)17-8-16(17)14-9-19-21(3)10-14/h7,9-10,15-17H,4-6,8,11H2,1-3H3. The Hall–Kier alpha value is -2.11. The lowest BCUT2D eigenvalue weighted by atomic mass is 10.0. The monoisotopic (exact) mass is 327 g/mol. The van der Waals surface area contributed by atoms with Crippen LogP contribution in [0.3, 0.4) is 0 Å². The molecule has 2 aliphatic rings. The molecule has 2 aromatic rings. The second kappa shape index (κ2) is 5.76. The summed E-state index contributed by atoms with van der Waals surface area (Å²) >= 11 is 0. The molecule has 3 unspecified atom stereocenters. The zero-order valence-electron chi connectivity index (χ0n) is 14.6. The minimum atomic E-state index is 0.147. The number of hydrogen-bond donors (Lipinski definition) is 0. The summed E-state index contributed by atoms with van der Waals surface area (Å²) in [5.41, 5.74) is 3.43. The largest absolute Gasteiger partial charge is 0.340 e. The van der Waals surface area contributed by atoms with Gasteiger partial charge in [-0.25, -0.2) is 0 Å².